The molecule has 0 aliphatic heterocycles. The van der Waals surface area contributed by atoms with Crippen molar-refractivity contribution in [2.75, 3.05) is 0 Å². The van der Waals surface area contributed by atoms with Crippen molar-refractivity contribution in [2.24, 2.45) is 0 Å². The predicted octanol–water partition coefficient (Wildman–Crippen LogP) is 3.95. The van der Waals surface area contributed by atoms with Crippen LogP contribution in [0.4, 0.5) is 0 Å². The molecule has 0 unspecified atom stereocenters. The second kappa shape index (κ2) is 3.79. The van der Waals surface area contributed by atoms with Crippen molar-refractivity contribution in [3.8, 4) is 0 Å². The molecule has 3 nitrogen and oxygen atoms in total. The molecule has 2 aromatic rings. The van der Waals surface area contributed by atoms with Crippen LogP contribution in [-0.4, -0.2) is 16.1 Å². The zero-order valence-electron chi connectivity index (χ0n) is 6.92. The number of hydrogen-bond acceptors (Lipinski definition) is 3. The van der Waals surface area contributed by atoms with Gasteiger partial charge in [0.1, 0.15) is 15.2 Å². The fourth-order valence-electron chi connectivity index (χ4n) is 1.11. The predicted molar refractivity (Wildman–Crippen MR) is 61.6 cm³/mol. The average Bonchev–Trinajstić information content (AvgIpc) is 2.59. The summed E-state index contributed by atoms with van der Waals surface area (Å²) in [6.07, 6.45) is 0. The Kier molecular flexibility index (Phi) is 2.77. The molecular formula is C8H2Cl3NO2S. The van der Waals surface area contributed by atoms with Crippen LogP contribution in [0.1, 0.15) is 9.67 Å². The SMILES string of the molecule is O=C(O)c1cc2c(Cl)c(Cl)nc(Cl)c2s1. The molecule has 0 radical (unpaired) electrons. The summed E-state index contributed by atoms with van der Waals surface area (Å²) in [7, 11) is 0. The summed E-state index contributed by atoms with van der Waals surface area (Å²) in [5.41, 5.74) is 0. The highest BCUT2D eigenvalue weighted by atomic mass is 35.5. The van der Waals surface area contributed by atoms with E-state index in [9.17, 15) is 4.79 Å². The zero-order valence-corrected chi connectivity index (χ0v) is 10.0. The van der Waals surface area contributed by atoms with Crippen LogP contribution in [0, 0.1) is 0 Å². The van der Waals surface area contributed by atoms with Crippen LogP contribution < -0.4 is 0 Å². The number of nitrogens with zero attached hydrogens (tertiary/aromatic N) is 1. The molecule has 7 heteroatoms. The van der Waals surface area contributed by atoms with Gasteiger partial charge in [-0.2, -0.15) is 0 Å². The number of aromatic carboxylic acids is 1. The number of carboxylic acid groups (broad SMARTS) is 1. The van der Waals surface area contributed by atoms with Crippen molar-refractivity contribution < 1.29 is 9.90 Å². The Morgan fingerprint density at radius 3 is 2.60 bits per heavy atom. The van der Waals surface area contributed by atoms with E-state index >= 15 is 0 Å². The summed E-state index contributed by atoms with van der Waals surface area (Å²) < 4.78 is 0.531. The van der Waals surface area contributed by atoms with Crippen LogP contribution in [0.15, 0.2) is 6.07 Å². The quantitative estimate of drug-likeness (QED) is 0.806. The van der Waals surface area contributed by atoms with E-state index in [1.54, 1.807) is 0 Å². The highest BCUT2D eigenvalue weighted by molar-refractivity contribution is 7.21. The van der Waals surface area contributed by atoms with Crippen molar-refractivity contribution >= 4 is 62.2 Å². The van der Waals surface area contributed by atoms with E-state index in [1.807, 2.05) is 0 Å². The zero-order chi connectivity index (χ0) is 11.2. The maximum Gasteiger partial charge on any atom is 0.345 e. The second-order valence-electron chi connectivity index (χ2n) is 2.67. The maximum absolute atomic E-state index is 10.7. The van der Waals surface area contributed by atoms with Crippen LogP contribution in [0.2, 0.25) is 15.3 Å². The monoisotopic (exact) mass is 281 g/mol. The van der Waals surface area contributed by atoms with Crippen LogP contribution in [0.25, 0.3) is 10.1 Å². The molecule has 0 aliphatic rings. The average molecular weight is 283 g/mol. The fraction of sp³-hybridized carbons (Fsp3) is 0. The minimum absolute atomic E-state index is 0.0731. The standard InChI is InChI=1S/C8H2Cl3NO2S/c9-4-2-1-3(8(13)14)15-5(2)7(11)12-6(4)10/h1H,(H,13,14). The number of carbonyl (C=O) groups is 1. The summed E-state index contributed by atoms with van der Waals surface area (Å²) in [5.74, 6) is -1.03. The summed E-state index contributed by atoms with van der Waals surface area (Å²) >= 11 is 18.4. The fourth-order valence-corrected chi connectivity index (χ4v) is 2.77. The molecule has 0 aromatic carbocycles. The molecule has 0 fully saturated rings. The van der Waals surface area contributed by atoms with Gasteiger partial charge in [-0.3, -0.25) is 0 Å². The summed E-state index contributed by atoms with van der Waals surface area (Å²) in [5, 5.41) is 9.78. The highest BCUT2D eigenvalue weighted by Crippen LogP contribution is 2.38. The van der Waals surface area contributed by atoms with E-state index < -0.39 is 5.97 Å². The van der Waals surface area contributed by atoms with Gasteiger partial charge in [-0.25, -0.2) is 9.78 Å². The topological polar surface area (TPSA) is 50.2 Å². The molecule has 0 aliphatic carbocycles. The lowest BCUT2D eigenvalue weighted by Gasteiger charge is -1.97. The van der Waals surface area contributed by atoms with Crippen molar-refractivity contribution in [1.29, 1.82) is 0 Å². The Morgan fingerprint density at radius 2 is 2.00 bits per heavy atom. The van der Waals surface area contributed by atoms with Crippen LogP contribution >= 0.6 is 46.1 Å². The van der Waals surface area contributed by atoms with Crippen LogP contribution in [0.5, 0.6) is 0 Å². The molecular weight excluding hydrogens is 281 g/mol. The molecule has 15 heavy (non-hydrogen) atoms. The van der Waals surface area contributed by atoms with Gasteiger partial charge >= 0.3 is 5.97 Å². The summed E-state index contributed by atoms with van der Waals surface area (Å²) in [6.45, 7) is 0. The molecule has 0 saturated heterocycles. The lowest BCUT2D eigenvalue weighted by atomic mass is 10.3. The van der Waals surface area contributed by atoms with Gasteiger partial charge in [-0.15, -0.1) is 11.3 Å². The summed E-state index contributed by atoms with van der Waals surface area (Å²) in [6, 6.07) is 1.43. The first-order valence-electron chi connectivity index (χ1n) is 3.68. The molecule has 0 spiro atoms. The highest BCUT2D eigenvalue weighted by Gasteiger charge is 2.16. The number of carboxylic acids is 1. The van der Waals surface area contributed by atoms with Gasteiger partial charge in [0.15, 0.2) is 0 Å². The lowest BCUT2D eigenvalue weighted by Crippen LogP contribution is -1.89. The number of pyridine rings is 1. The van der Waals surface area contributed by atoms with E-state index in [2.05, 4.69) is 4.98 Å². The first kappa shape index (κ1) is 11.0. The minimum atomic E-state index is -1.03. The molecule has 0 saturated carbocycles. The van der Waals surface area contributed by atoms with E-state index in [0.29, 0.717) is 10.1 Å². The first-order chi connectivity index (χ1) is 7.00. The van der Waals surface area contributed by atoms with E-state index in [4.69, 9.17) is 39.9 Å². The number of hydrogen-bond donors (Lipinski definition) is 1. The Hall–Kier alpha value is -0.550. The molecule has 0 bridgehead atoms. The second-order valence-corrected chi connectivity index (χ2v) is 4.81. The third-order valence-electron chi connectivity index (χ3n) is 1.74. The van der Waals surface area contributed by atoms with E-state index in [0.717, 1.165) is 11.3 Å². The van der Waals surface area contributed by atoms with Gasteiger partial charge in [0.25, 0.3) is 0 Å². The number of fused-ring (bicyclic) bond motifs is 1. The molecule has 78 valence electrons. The minimum Gasteiger partial charge on any atom is -0.477 e. The number of thiophene rings is 1. The molecule has 0 amide bonds. The van der Waals surface area contributed by atoms with Gasteiger partial charge in [0.05, 0.1) is 9.72 Å². The smallest absolute Gasteiger partial charge is 0.345 e. The molecule has 1 N–H and O–H groups in total. The molecule has 0 atom stereocenters. The van der Waals surface area contributed by atoms with E-state index in [-0.39, 0.29) is 20.2 Å². The number of rotatable bonds is 1. The van der Waals surface area contributed by atoms with E-state index in [1.165, 1.54) is 6.07 Å². The molecule has 2 aromatic heterocycles. The lowest BCUT2D eigenvalue weighted by molar-refractivity contribution is 0.0702. The van der Waals surface area contributed by atoms with Crippen molar-refractivity contribution in [1.82, 2.24) is 4.98 Å². The molecule has 2 heterocycles. The van der Waals surface area contributed by atoms with Crippen molar-refractivity contribution in [2.45, 2.75) is 0 Å². The molecule has 2 rings (SSSR count). The Bertz CT molecular complexity index is 567. The Balaban J connectivity index is 2.85. The van der Waals surface area contributed by atoms with Crippen molar-refractivity contribution in [3.63, 3.8) is 0 Å². The summed E-state index contributed by atoms with van der Waals surface area (Å²) in [4.78, 5) is 14.7. The number of aromatic nitrogens is 1. The van der Waals surface area contributed by atoms with Gasteiger partial charge < -0.3 is 5.11 Å². The largest absolute Gasteiger partial charge is 0.477 e. The third-order valence-corrected chi connectivity index (χ3v) is 4.01. The maximum atomic E-state index is 10.7. The Labute approximate surface area is 103 Å². The first-order valence-corrected chi connectivity index (χ1v) is 5.63. The van der Waals surface area contributed by atoms with Crippen molar-refractivity contribution in [3.05, 3.63) is 26.3 Å². The van der Waals surface area contributed by atoms with Crippen LogP contribution in [0.3, 0.4) is 0 Å². The van der Waals surface area contributed by atoms with Gasteiger partial charge in [0, 0.05) is 5.39 Å². The normalized spacial score (nSPS) is 10.9. The van der Waals surface area contributed by atoms with Gasteiger partial charge in [0.2, 0.25) is 0 Å². The van der Waals surface area contributed by atoms with Gasteiger partial charge in [-0.05, 0) is 6.07 Å². The van der Waals surface area contributed by atoms with Crippen LogP contribution in [-0.2, 0) is 0 Å². The number of halogens is 3. The third kappa shape index (κ3) is 1.78. The van der Waals surface area contributed by atoms with Gasteiger partial charge in [-0.1, -0.05) is 34.8 Å². The Morgan fingerprint density at radius 1 is 1.33 bits per heavy atom.